The number of carbonyl (C=O) groups excluding carboxylic acids is 1. The lowest BCUT2D eigenvalue weighted by Crippen LogP contribution is -2.35. The molecule has 0 aliphatic carbocycles. The maximum absolute atomic E-state index is 13.2. The number of aryl methyl sites for hydroxylation is 1. The zero-order chi connectivity index (χ0) is 18.9. The van der Waals surface area contributed by atoms with E-state index < -0.39 is 5.41 Å². The van der Waals surface area contributed by atoms with Crippen molar-refractivity contribution in [2.45, 2.75) is 46.1 Å². The quantitative estimate of drug-likeness (QED) is 0.666. The summed E-state index contributed by atoms with van der Waals surface area (Å²) in [7, 11) is 0. The molecule has 0 saturated carbocycles. The van der Waals surface area contributed by atoms with Crippen molar-refractivity contribution in [2.24, 2.45) is 0 Å². The molecule has 3 aromatic rings. The van der Waals surface area contributed by atoms with Crippen molar-refractivity contribution in [1.29, 1.82) is 0 Å². The predicted octanol–water partition coefficient (Wildman–Crippen LogP) is 5.18. The second kappa shape index (κ2) is 6.87. The fourth-order valence-electron chi connectivity index (χ4n) is 3.40. The Labute approximate surface area is 154 Å². The molecule has 1 heterocycles. The Bertz CT molecular complexity index is 938. The van der Waals surface area contributed by atoms with E-state index in [9.17, 15) is 4.79 Å². The molecule has 4 nitrogen and oxygen atoms in total. The van der Waals surface area contributed by atoms with E-state index in [0.29, 0.717) is 11.4 Å². The number of ether oxygens (including phenoxy) is 1. The predicted molar refractivity (Wildman–Crippen MR) is 107 cm³/mol. The smallest absolute Gasteiger partial charge is 0.234 e. The average Bonchev–Trinajstić information content (AvgIpc) is 2.92. The van der Waals surface area contributed by atoms with Gasteiger partial charge in [-0.25, -0.2) is 0 Å². The summed E-state index contributed by atoms with van der Waals surface area (Å²) in [5.41, 5.74) is 3.07. The minimum atomic E-state index is -0.700. The molecule has 0 aliphatic rings. The van der Waals surface area contributed by atoms with E-state index >= 15 is 0 Å². The summed E-state index contributed by atoms with van der Waals surface area (Å²) in [5, 5.41) is 4.14. The van der Waals surface area contributed by atoms with Crippen LogP contribution in [0.3, 0.4) is 0 Å². The average molecular weight is 350 g/mol. The second-order valence-corrected chi connectivity index (χ2v) is 7.41. The van der Waals surface area contributed by atoms with Crippen molar-refractivity contribution in [3.05, 3.63) is 59.8 Å². The molecule has 26 heavy (non-hydrogen) atoms. The lowest BCUT2D eigenvalue weighted by atomic mass is 9.81. The summed E-state index contributed by atoms with van der Waals surface area (Å²) in [6.45, 7) is 9.86. The number of hydrogen-bond acceptors (Lipinski definition) is 2. The van der Waals surface area contributed by atoms with Crippen LogP contribution >= 0.6 is 0 Å². The number of hydrogen-bond donors (Lipinski definition) is 2. The summed E-state index contributed by atoms with van der Waals surface area (Å²) in [4.78, 5) is 16.6. The van der Waals surface area contributed by atoms with Gasteiger partial charge in [-0.1, -0.05) is 30.3 Å². The minimum absolute atomic E-state index is 0.0388. The van der Waals surface area contributed by atoms with E-state index in [0.717, 1.165) is 22.2 Å². The molecule has 2 aromatic carbocycles. The number of benzene rings is 2. The number of para-hydroxylation sites is 3. The standard InChI is InChI=1S/C22H26N2O2/c1-14(2)26-19-13-9-8-12-18(19)24-21(25)22(4,5)20-15(3)23-17-11-7-6-10-16(17)20/h6-14,23H,1-5H3,(H,24,25). The van der Waals surface area contributed by atoms with Crippen LogP contribution < -0.4 is 10.1 Å². The van der Waals surface area contributed by atoms with E-state index in [1.54, 1.807) is 0 Å². The van der Waals surface area contributed by atoms with Crippen molar-refractivity contribution in [2.75, 3.05) is 5.32 Å². The van der Waals surface area contributed by atoms with Crippen molar-refractivity contribution in [3.8, 4) is 5.75 Å². The lowest BCUT2D eigenvalue weighted by molar-refractivity contribution is -0.120. The first-order chi connectivity index (χ1) is 12.3. The van der Waals surface area contributed by atoms with E-state index in [1.165, 1.54) is 0 Å². The lowest BCUT2D eigenvalue weighted by Gasteiger charge is -2.25. The third-order valence-corrected chi connectivity index (χ3v) is 4.58. The molecule has 3 rings (SSSR count). The van der Waals surface area contributed by atoms with Gasteiger partial charge < -0.3 is 15.0 Å². The molecule has 0 saturated heterocycles. The number of H-pyrrole nitrogens is 1. The van der Waals surface area contributed by atoms with E-state index in [2.05, 4.69) is 16.4 Å². The summed E-state index contributed by atoms with van der Waals surface area (Å²) in [5.74, 6) is 0.618. The molecule has 0 atom stereocenters. The number of aromatic amines is 1. The summed E-state index contributed by atoms with van der Waals surface area (Å²) < 4.78 is 5.82. The van der Waals surface area contributed by atoms with Gasteiger partial charge in [0.2, 0.25) is 5.91 Å². The minimum Gasteiger partial charge on any atom is -0.489 e. The molecule has 4 heteroatoms. The van der Waals surface area contributed by atoms with Gasteiger partial charge in [-0.3, -0.25) is 4.79 Å². The van der Waals surface area contributed by atoms with Gasteiger partial charge in [-0.15, -0.1) is 0 Å². The van der Waals surface area contributed by atoms with Gasteiger partial charge in [0, 0.05) is 16.6 Å². The Morgan fingerprint density at radius 3 is 2.46 bits per heavy atom. The van der Waals surface area contributed by atoms with Crippen molar-refractivity contribution >= 4 is 22.5 Å². The molecule has 0 bridgehead atoms. The van der Waals surface area contributed by atoms with E-state index in [4.69, 9.17) is 4.74 Å². The van der Waals surface area contributed by atoms with Crippen LogP contribution in [-0.4, -0.2) is 17.0 Å². The third kappa shape index (κ3) is 3.32. The molecule has 0 aliphatic heterocycles. The molecular formula is C22H26N2O2. The van der Waals surface area contributed by atoms with Crippen LogP contribution in [0, 0.1) is 6.92 Å². The van der Waals surface area contributed by atoms with Gasteiger partial charge in [-0.05, 0) is 58.4 Å². The first-order valence-corrected chi connectivity index (χ1v) is 8.95. The van der Waals surface area contributed by atoms with Gasteiger partial charge in [-0.2, -0.15) is 0 Å². The Balaban J connectivity index is 1.95. The van der Waals surface area contributed by atoms with Crippen LogP contribution in [0.1, 0.15) is 39.0 Å². The van der Waals surface area contributed by atoms with E-state index in [-0.39, 0.29) is 12.0 Å². The number of rotatable bonds is 5. The van der Waals surface area contributed by atoms with Crippen molar-refractivity contribution in [3.63, 3.8) is 0 Å². The molecule has 0 radical (unpaired) electrons. The molecular weight excluding hydrogens is 324 g/mol. The highest BCUT2D eigenvalue weighted by molar-refractivity contribution is 6.03. The van der Waals surface area contributed by atoms with Gasteiger partial charge in [0.05, 0.1) is 17.2 Å². The largest absolute Gasteiger partial charge is 0.489 e. The van der Waals surface area contributed by atoms with Crippen LogP contribution in [0.5, 0.6) is 5.75 Å². The second-order valence-electron chi connectivity index (χ2n) is 7.41. The highest BCUT2D eigenvalue weighted by Gasteiger charge is 2.34. The van der Waals surface area contributed by atoms with Crippen LogP contribution in [0.25, 0.3) is 10.9 Å². The summed E-state index contributed by atoms with van der Waals surface area (Å²) in [6.07, 6.45) is 0.0388. The molecule has 2 N–H and O–H groups in total. The number of carbonyl (C=O) groups is 1. The molecule has 1 aromatic heterocycles. The first-order valence-electron chi connectivity index (χ1n) is 8.95. The molecule has 0 fully saturated rings. The van der Waals surface area contributed by atoms with Gasteiger partial charge in [0.15, 0.2) is 0 Å². The maximum atomic E-state index is 13.2. The van der Waals surface area contributed by atoms with Crippen LogP contribution in [0.2, 0.25) is 0 Å². The number of fused-ring (bicyclic) bond motifs is 1. The fraction of sp³-hybridized carbons (Fsp3) is 0.318. The number of aromatic nitrogens is 1. The van der Waals surface area contributed by atoms with Crippen LogP contribution in [0.15, 0.2) is 48.5 Å². The summed E-state index contributed by atoms with van der Waals surface area (Å²) >= 11 is 0. The zero-order valence-electron chi connectivity index (χ0n) is 16.0. The fourth-order valence-corrected chi connectivity index (χ4v) is 3.40. The van der Waals surface area contributed by atoms with Crippen molar-refractivity contribution in [1.82, 2.24) is 4.98 Å². The topological polar surface area (TPSA) is 54.1 Å². The first kappa shape index (κ1) is 18.1. The Morgan fingerprint density at radius 1 is 1.08 bits per heavy atom. The number of nitrogens with one attached hydrogen (secondary N) is 2. The van der Waals surface area contributed by atoms with Gasteiger partial charge >= 0.3 is 0 Å². The maximum Gasteiger partial charge on any atom is 0.234 e. The van der Waals surface area contributed by atoms with Gasteiger partial charge in [0.1, 0.15) is 5.75 Å². The molecule has 0 unspecified atom stereocenters. The zero-order valence-corrected chi connectivity index (χ0v) is 16.0. The van der Waals surface area contributed by atoms with Crippen LogP contribution in [0.4, 0.5) is 5.69 Å². The summed E-state index contributed by atoms with van der Waals surface area (Å²) in [6, 6.07) is 15.6. The van der Waals surface area contributed by atoms with Gasteiger partial charge in [0.25, 0.3) is 0 Å². The monoisotopic (exact) mass is 350 g/mol. The van der Waals surface area contributed by atoms with E-state index in [1.807, 2.05) is 77.1 Å². The highest BCUT2D eigenvalue weighted by Crippen LogP contribution is 2.35. The Hall–Kier alpha value is -2.75. The van der Waals surface area contributed by atoms with Crippen molar-refractivity contribution < 1.29 is 9.53 Å². The Kier molecular flexibility index (Phi) is 4.77. The van der Waals surface area contributed by atoms with Crippen LogP contribution in [-0.2, 0) is 10.2 Å². The molecule has 0 spiro atoms. The normalized spacial score (nSPS) is 11.8. The molecule has 136 valence electrons. The third-order valence-electron chi connectivity index (χ3n) is 4.58. The number of amides is 1. The highest BCUT2D eigenvalue weighted by atomic mass is 16.5. The SMILES string of the molecule is Cc1[nH]c2ccccc2c1C(C)(C)C(=O)Nc1ccccc1OC(C)C. The molecule has 1 amide bonds. The number of anilines is 1. The Morgan fingerprint density at radius 2 is 1.73 bits per heavy atom.